The van der Waals surface area contributed by atoms with Crippen molar-refractivity contribution in [1.29, 1.82) is 0 Å². The highest BCUT2D eigenvalue weighted by Gasteiger charge is 2.27. The minimum Gasteiger partial charge on any atom is -0.372 e. The van der Waals surface area contributed by atoms with Crippen LogP contribution < -0.4 is 10.5 Å². The lowest BCUT2D eigenvalue weighted by atomic mass is 10.2. The minimum atomic E-state index is -0.406. The molecule has 8 heteroatoms. The number of hydrogen-bond acceptors (Lipinski definition) is 5. The number of anilines is 1. The quantitative estimate of drug-likeness (QED) is 0.780. The molecular weight excluding hydrogens is 368 g/mol. The number of hydrogen-bond donors (Lipinski definition) is 0. The molecule has 2 aromatic rings. The number of carbonyl (C=O) groups excluding carboxylic acids is 1. The molecule has 1 aromatic carbocycles. The van der Waals surface area contributed by atoms with Gasteiger partial charge in [-0.2, -0.15) is 9.78 Å². The summed E-state index contributed by atoms with van der Waals surface area (Å²) in [5, 5.41) is 4.41. The van der Waals surface area contributed by atoms with E-state index >= 15 is 0 Å². The summed E-state index contributed by atoms with van der Waals surface area (Å²) in [6.45, 7) is 4.20. The summed E-state index contributed by atoms with van der Waals surface area (Å²) in [7, 11) is 1.55. The molecule has 0 saturated carbocycles. The molecular formula is C19H23ClN4O3. The van der Waals surface area contributed by atoms with Crippen LogP contribution in [-0.4, -0.2) is 60.0 Å². The van der Waals surface area contributed by atoms with Crippen LogP contribution in [0.3, 0.4) is 0 Å². The molecule has 2 heterocycles. The largest absolute Gasteiger partial charge is 0.372 e. The molecule has 1 aliphatic rings. The highest BCUT2D eigenvalue weighted by molar-refractivity contribution is 6.33. The first-order valence-electron chi connectivity index (χ1n) is 8.96. The molecule has 7 nitrogen and oxygen atoms in total. The summed E-state index contributed by atoms with van der Waals surface area (Å²) in [5.74, 6) is 0.00312. The molecule has 0 N–H and O–H groups in total. The topological polar surface area (TPSA) is 67.7 Å². The molecule has 3 rings (SSSR count). The summed E-state index contributed by atoms with van der Waals surface area (Å²) < 4.78 is 6.52. The zero-order valence-electron chi connectivity index (χ0n) is 15.5. The monoisotopic (exact) mass is 390 g/mol. The maximum atomic E-state index is 12.6. The van der Waals surface area contributed by atoms with Gasteiger partial charge >= 0.3 is 0 Å². The third-order valence-electron chi connectivity index (χ3n) is 4.76. The first-order chi connectivity index (χ1) is 13.1. The van der Waals surface area contributed by atoms with Gasteiger partial charge in [0.2, 0.25) is 0 Å². The zero-order chi connectivity index (χ0) is 19.4. The number of benzene rings is 1. The summed E-state index contributed by atoms with van der Waals surface area (Å²) in [4.78, 5) is 28.8. The van der Waals surface area contributed by atoms with Crippen LogP contribution in [0.5, 0.6) is 0 Å². The number of ether oxygens (including phenoxy) is 1. The van der Waals surface area contributed by atoms with Gasteiger partial charge in [0, 0.05) is 33.3 Å². The molecule has 1 aromatic heterocycles. The average Bonchev–Trinajstić information content (AvgIpc) is 2.71. The van der Waals surface area contributed by atoms with E-state index in [1.165, 1.54) is 4.68 Å². The van der Waals surface area contributed by atoms with E-state index in [9.17, 15) is 9.59 Å². The van der Waals surface area contributed by atoms with Gasteiger partial charge < -0.3 is 14.5 Å². The van der Waals surface area contributed by atoms with Crippen molar-refractivity contribution in [3.8, 4) is 5.69 Å². The first-order valence-corrected chi connectivity index (χ1v) is 9.34. The fourth-order valence-electron chi connectivity index (χ4n) is 3.21. The number of para-hydroxylation sites is 1. The fourth-order valence-corrected chi connectivity index (χ4v) is 3.46. The van der Waals surface area contributed by atoms with Crippen molar-refractivity contribution < 1.29 is 9.53 Å². The third-order valence-corrected chi connectivity index (χ3v) is 5.12. The molecule has 1 unspecified atom stereocenters. The smallest absolute Gasteiger partial charge is 0.292 e. The average molecular weight is 391 g/mol. The fraction of sp³-hybridized carbons (Fsp3) is 0.421. The van der Waals surface area contributed by atoms with Gasteiger partial charge in [0.05, 0.1) is 17.6 Å². The van der Waals surface area contributed by atoms with Gasteiger partial charge in [-0.3, -0.25) is 9.59 Å². The van der Waals surface area contributed by atoms with Crippen molar-refractivity contribution in [2.75, 3.05) is 38.2 Å². The number of halogens is 1. The molecule has 27 heavy (non-hydrogen) atoms. The second-order valence-corrected chi connectivity index (χ2v) is 6.72. The highest BCUT2D eigenvalue weighted by atomic mass is 35.5. The Kier molecular flexibility index (Phi) is 6.13. The van der Waals surface area contributed by atoms with Crippen LogP contribution in [0.4, 0.5) is 5.69 Å². The molecule has 144 valence electrons. The predicted molar refractivity (Wildman–Crippen MR) is 105 cm³/mol. The lowest BCUT2D eigenvalue weighted by Gasteiger charge is -2.37. The number of aromatic nitrogens is 2. The van der Waals surface area contributed by atoms with E-state index in [0.29, 0.717) is 44.0 Å². The molecule has 0 radical (unpaired) electrons. The second-order valence-electron chi connectivity index (χ2n) is 6.34. The predicted octanol–water partition coefficient (Wildman–Crippen LogP) is 1.96. The van der Waals surface area contributed by atoms with Crippen LogP contribution in [0, 0.1) is 0 Å². The van der Waals surface area contributed by atoms with E-state index in [0.717, 1.165) is 0 Å². The zero-order valence-corrected chi connectivity index (χ0v) is 16.2. The van der Waals surface area contributed by atoms with Crippen LogP contribution in [0.1, 0.15) is 13.3 Å². The van der Waals surface area contributed by atoms with Crippen LogP contribution in [0.25, 0.3) is 5.69 Å². The lowest BCUT2D eigenvalue weighted by molar-refractivity contribution is -0.142. The maximum absolute atomic E-state index is 12.6. The maximum Gasteiger partial charge on any atom is 0.292 e. The Hall–Kier alpha value is -2.38. The lowest BCUT2D eigenvalue weighted by Crippen LogP contribution is -2.52. The summed E-state index contributed by atoms with van der Waals surface area (Å²) >= 11 is 6.36. The van der Waals surface area contributed by atoms with Crippen molar-refractivity contribution in [3.05, 3.63) is 51.9 Å². The SMILES string of the molecule is CCC(OC)C(=O)N1CCN(c2cnn(-c3ccccc3)c(=O)c2Cl)CC1. The van der Waals surface area contributed by atoms with E-state index in [1.54, 1.807) is 30.3 Å². The van der Waals surface area contributed by atoms with E-state index < -0.39 is 6.10 Å². The number of amides is 1. The van der Waals surface area contributed by atoms with Crippen LogP contribution >= 0.6 is 11.6 Å². The number of nitrogens with zero attached hydrogens (tertiary/aromatic N) is 4. The summed E-state index contributed by atoms with van der Waals surface area (Å²) in [5.41, 5.74) is 0.903. The van der Waals surface area contributed by atoms with Crippen molar-refractivity contribution in [2.24, 2.45) is 0 Å². The molecule has 0 spiro atoms. The molecule has 0 aliphatic carbocycles. The van der Waals surface area contributed by atoms with Crippen molar-refractivity contribution >= 4 is 23.2 Å². The number of carbonyl (C=O) groups is 1. The number of methoxy groups -OCH3 is 1. The molecule has 1 fully saturated rings. The van der Waals surface area contributed by atoms with E-state index in [-0.39, 0.29) is 16.5 Å². The molecule has 1 amide bonds. The molecule has 0 bridgehead atoms. The number of rotatable bonds is 5. The van der Waals surface area contributed by atoms with Crippen LogP contribution in [0.15, 0.2) is 41.3 Å². The Morgan fingerprint density at radius 3 is 2.48 bits per heavy atom. The van der Waals surface area contributed by atoms with Gasteiger partial charge in [0.15, 0.2) is 0 Å². The van der Waals surface area contributed by atoms with Crippen LogP contribution in [0.2, 0.25) is 5.02 Å². The Bertz CT molecular complexity index is 844. The third kappa shape index (κ3) is 3.99. The molecule has 1 atom stereocenters. The van der Waals surface area contributed by atoms with Gasteiger partial charge in [0.1, 0.15) is 11.1 Å². The summed E-state index contributed by atoms with van der Waals surface area (Å²) in [6, 6.07) is 9.15. The van der Waals surface area contributed by atoms with Crippen molar-refractivity contribution in [1.82, 2.24) is 14.7 Å². The van der Waals surface area contributed by atoms with E-state index in [4.69, 9.17) is 16.3 Å². The van der Waals surface area contributed by atoms with Gasteiger partial charge in [-0.1, -0.05) is 36.7 Å². The van der Waals surface area contributed by atoms with Gasteiger partial charge in [-0.05, 0) is 18.6 Å². The minimum absolute atomic E-state index is 0.00312. The second kappa shape index (κ2) is 8.54. The van der Waals surface area contributed by atoms with Gasteiger partial charge in [0.25, 0.3) is 11.5 Å². The number of piperazine rings is 1. The standard InChI is InChI=1S/C19H23ClN4O3/c1-3-16(27-2)18(25)23-11-9-22(10-12-23)15-13-21-24(19(26)17(15)20)14-7-5-4-6-8-14/h4-8,13,16H,3,9-12H2,1-2H3. The van der Waals surface area contributed by atoms with Crippen molar-refractivity contribution in [2.45, 2.75) is 19.4 Å². The Balaban J connectivity index is 1.75. The summed E-state index contributed by atoms with van der Waals surface area (Å²) in [6.07, 6.45) is 1.85. The van der Waals surface area contributed by atoms with Crippen molar-refractivity contribution in [3.63, 3.8) is 0 Å². The molecule has 1 aliphatic heterocycles. The highest BCUT2D eigenvalue weighted by Crippen LogP contribution is 2.23. The van der Waals surface area contributed by atoms with Gasteiger partial charge in [-0.15, -0.1) is 0 Å². The van der Waals surface area contributed by atoms with Crippen LogP contribution in [-0.2, 0) is 9.53 Å². The normalized spacial score (nSPS) is 15.7. The Morgan fingerprint density at radius 2 is 1.89 bits per heavy atom. The Morgan fingerprint density at radius 1 is 1.22 bits per heavy atom. The van der Waals surface area contributed by atoms with E-state index in [2.05, 4.69) is 5.10 Å². The first kappa shape index (κ1) is 19.4. The molecule has 1 saturated heterocycles. The van der Waals surface area contributed by atoms with E-state index in [1.807, 2.05) is 30.0 Å². The van der Waals surface area contributed by atoms with Gasteiger partial charge in [-0.25, -0.2) is 0 Å². The Labute approximate surface area is 163 Å².